The first kappa shape index (κ1) is 91.6. The molecule has 8 atom stereocenters. The molecule has 2 saturated heterocycles. The van der Waals surface area contributed by atoms with Gasteiger partial charge in [-0.3, -0.25) is 19.2 Å². The van der Waals surface area contributed by atoms with Gasteiger partial charge < -0.3 is 48.8 Å². The lowest BCUT2D eigenvalue weighted by Gasteiger charge is -2.26. The molecule has 0 aromatic heterocycles. The normalized spacial score (nSPS) is 18.6. The number of hydrogen-bond acceptors (Lipinski definition) is 14. The fourth-order valence-corrected chi connectivity index (χ4v) is 12.5. The highest BCUT2D eigenvalue weighted by molar-refractivity contribution is 5.71. The lowest BCUT2D eigenvalue weighted by Crippen LogP contribution is -2.45. The largest absolute Gasteiger partial charge is 0.463 e. The Hall–Kier alpha value is -3.40. The van der Waals surface area contributed by atoms with Crippen molar-refractivity contribution in [3.05, 3.63) is 48.6 Å². The molecule has 2 fully saturated rings. The maximum Gasteiger partial charge on any atom is 0.306 e. The standard InChI is InChI=1S/C59H106O8.C24H44O6/c1-4-7-10-13-16-19-22-25-28-31-34-37-40-43-46-49-56(62)66-54-52-65-58(53(60)51-64-55(61)48-45-42-39-36-33-30-27-24-21-18-15-12-9-6-3)59(54)67-57(63)50-47-44-41-38-35-32-29-26-23-20-17-14-11-8-5-2;1-2-3-4-5-6-7-8-9-10-11-12-13-14-15-16-17-22(27)29-19-21(26)24-23(28)20(25)18-30-24/h25-30,53-54,58-60H,4-24,31-52H2,1-3H3;9-10,20-21,23-26,28H,2-8,11-19H2,1H3/b28-25+,29-26+,30-27+;10-9+/t53-,54+,58-,59-;20-,21+,23+,24+/m10/s1. The maximum atomic E-state index is 13.1. The Kier molecular flexibility index (Phi) is 65.8. The van der Waals surface area contributed by atoms with Crippen molar-refractivity contribution in [3.8, 4) is 0 Å². The molecule has 2 heterocycles. The minimum absolute atomic E-state index is 0.00732. The van der Waals surface area contributed by atoms with Gasteiger partial charge >= 0.3 is 23.9 Å². The third kappa shape index (κ3) is 56.9. The van der Waals surface area contributed by atoms with Crippen LogP contribution in [0.5, 0.6) is 0 Å². The van der Waals surface area contributed by atoms with E-state index in [-0.39, 0.29) is 63.6 Å². The first-order valence-electron chi connectivity index (χ1n) is 40.7. The third-order valence-corrected chi connectivity index (χ3v) is 18.8. The molecule has 4 N–H and O–H groups in total. The Morgan fingerprint density at radius 2 is 0.577 bits per heavy atom. The van der Waals surface area contributed by atoms with Crippen molar-refractivity contribution in [2.45, 2.75) is 430 Å². The van der Waals surface area contributed by atoms with Crippen molar-refractivity contribution in [1.82, 2.24) is 0 Å². The van der Waals surface area contributed by atoms with E-state index in [2.05, 4.69) is 76.3 Å². The topological polar surface area (TPSA) is 205 Å². The summed E-state index contributed by atoms with van der Waals surface area (Å²) >= 11 is 0. The van der Waals surface area contributed by atoms with Crippen LogP contribution in [0.3, 0.4) is 0 Å². The van der Waals surface area contributed by atoms with E-state index >= 15 is 0 Å². The van der Waals surface area contributed by atoms with Crippen LogP contribution in [0.1, 0.15) is 381 Å². The third-order valence-electron chi connectivity index (χ3n) is 18.8. The molecular formula is C83H150O14. The van der Waals surface area contributed by atoms with Gasteiger partial charge in [-0.15, -0.1) is 0 Å². The highest BCUT2D eigenvalue weighted by atomic mass is 16.6. The summed E-state index contributed by atoms with van der Waals surface area (Å²) in [6.45, 7) is 8.50. The van der Waals surface area contributed by atoms with Gasteiger partial charge in [-0.05, 0) is 128 Å². The predicted molar refractivity (Wildman–Crippen MR) is 398 cm³/mol. The van der Waals surface area contributed by atoms with Crippen molar-refractivity contribution in [2.75, 3.05) is 26.4 Å². The highest BCUT2D eigenvalue weighted by Crippen LogP contribution is 2.27. The van der Waals surface area contributed by atoms with Crippen LogP contribution >= 0.6 is 0 Å². The average molecular weight is 1370 g/mol. The van der Waals surface area contributed by atoms with Crippen molar-refractivity contribution in [2.24, 2.45) is 0 Å². The van der Waals surface area contributed by atoms with Crippen LogP contribution in [0.4, 0.5) is 0 Å². The second kappa shape index (κ2) is 69.7. The summed E-state index contributed by atoms with van der Waals surface area (Å²) in [5.41, 5.74) is 0. The van der Waals surface area contributed by atoms with Gasteiger partial charge in [-0.1, -0.05) is 275 Å². The zero-order valence-corrected chi connectivity index (χ0v) is 62.8. The fourth-order valence-electron chi connectivity index (χ4n) is 12.5. The van der Waals surface area contributed by atoms with E-state index in [1.54, 1.807) is 0 Å². The molecule has 0 saturated carbocycles. The molecule has 0 spiro atoms. The number of aliphatic hydroxyl groups excluding tert-OH is 4. The van der Waals surface area contributed by atoms with Crippen LogP contribution in [0.25, 0.3) is 0 Å². The summed E-state index contributed by atoms with van der Waals surface area (Å²) in [4.78, 5) is 50.5. The smallest absolute Gasteiger partial charge is 0.306 e. The zero-order valence-electron chi connectivity index (χ0n) is 62.8. The monoisotopic (exact) mass is 1370 g/mol. The number of allylic oxidation sites excluding steroid dienone is 8. The maximum absolute atomic E-state index is 13.1. The van der Waals surface area contributed by atoms with E-state index in [9.17, 15) is 39.6 Å². The van der Waals surface area contributed by atoms with Crippen LogP contribution in [0.2, 0.25) is 0 Å². The summed E-state index contributed by atoms with van der Waals surface area (Å²) in [5.74, 6) is -1.46. The number of unbranched alkanes of at least 4 members (excludes halogenated alkanes) is 43. The molecule has 2 rings (SSSR count). The van der Waals surface area contributed by atoms with Gasteiger partial charge in [-0.25, -0.2) is 0 Å². The van der Waals surface area contributed by atoms with Crippen molar-refractivity contribution in [3.63, 3.8) is 0 Å². The van der Waals surface area contributed by atoms with Gasteiger partial charge in [-0.2, -0.15) is 0 Å². The molecule has 0 amide bonds. The molecule has 0 unspecified atom stereocenters. The summed E-state index contributed by atoms with van der Waals surface area (Å²) in [5, 5.41) is 40.1. The molecule has 97 heavy (non-hydrogen) atoms. The average Bonchev–Trinajstić information content (AvgIpc) is 1.72. The van der Waals surface area contributed by atoms with Gasteiger partial charge in [0.25, 0.3) is 0 Å². The van der Waals surface area contributed by atoms with Crippen molar-refractivity contribution in [1.29, 1.82) is 0 Å². The molecule has 0 aromatic carbocycles. The minimum atomic E-state index is -1.22. The SMILES string of the molecule is CCCCCCCC/C=C/CCCCCCCC(=O)OC[C@@H](O)[C@H]1OC[C@H](O)[C@H]1O.CCCCCCCC/C=C/CCCCCCCC(=O)O[C@H]1[C@@H]([C@H](O)COC(=O)CCCCCC/C=C/CCCCCCCC)OC[C@@H]1OC(=O)CCCCCCC/C=C/CCCCCCCC. The number of aliphatic hydroxyl groups is 4. The minimum Gasteiger partial charge on any atom is -0.463 e. The molecule has 0 aromatic rings. The van der Waals surface area contributed by atoms with Gasteiger partial charge in [0.2, 0.25) is 0 Å². The lowest BCUT2D eigenvalue weighted by molar-refractivity contribution is -0.170. The number of rotatable bonds is 67. The first-order chi connectivity index (χ1) is 47.5. The van der Waals surface area contributed by atoms with Gasteiger partial charge in [0.1, 0.15) is 49.8 Å². The Bertz CT molecular complexity index is 1900. The first-order valence-corrected chi connectivity index (χ1v) is 40.7. The molecule has 0 aliphatic carbocycles. The zero-order chi connectivity index (χ0) is 70.5. The van der Waals surface area contributed by atoms with Gasteiger partial charge in [0.15, 0.2) is 12.2 Å². The van der Waals surface area contributed by atoms with Crippen LogP contribution in [0.15, 0.2) is 48.6 Å². The van der Waals surface area contributed by atoms with Crippen LogP contribution < -0.4 is 0 Å². The highest BCUT2D eigenvalue weighted by Gasteiger charge is 2.46. The Balaban J connectivity index is 0.00000130. The van der Waals surface area contributed by atoms with E-state index in [4.69, 9.17) is 28.4 Å². The molecule has 2 aliphatic heterocycles. The Morgan fingerprint density at radius 1 is 0.330 bits per heavy atom. The van der Waals surface area contributed by atoms with Gasteiger partial charge in [0, 0.05) is 25.7 Å². The van der Waals surface area contributed by atoms with E-state index in [1.165, 1.54) is 193 Å². The quantitative estimate of drug-likeness (QED) is 0.0194. The van der Waals surface area contributed by atoms with Crippen LogP contribution in [-0.4, -0.2) is 120 Å². The van der Waals surface area contributed by atoms with E-state index < -0.39 is 54.8 Å². The van der Waals surface area contributed by atoms with E-state index in [0.717, 1.165) is 128 Å². The lowest BCUT2D eigenvalue weighted by atomic mass is 10.1. The number of carbonyl (C=O) groups is 4. The Morgan fingerprint density at radius 3 is 0.866 bits per heavy atom. The summed E-state index contributed by atoms with van der Waals surface area (Å²) in [6, 6.07) is 0. The molecule has 566 valence electrons. The van der Waals surface area contributed by atoms with E-state index in [1.807, 2.05) is 0 Å². The molecule has 14 nitrogen and oxygen atoms in total. The molecular weight excluding hydrogens is 1220 g/mol. The molecule has 0 bridgehead atoms. The van der Waals surface area contributed by atoms with Crippen molar-refractivity contribution >= 4 is 23.9 Å². The molecule has 14 heteroatoms. The summed E-state index contributed by atoms with van der Waals surface area (Å²) in [7, 11) is 0. The van der Waals surface area contributed by atoms with E-state index in [0.29, 0.717) is 12.8 Å². The number of carbonyl (C=O) groups excluding carboxylic acids is 4. The predicted octanol–water partition coefficient (Wildman–Crippen LogP) is 20.9. The fraction of sp³-hybridized carbons (Fsp3) is 0.855. The number of ether oxygens (including phenoxy) is 6. The molecule has 2 aliphatic rings. The number of esters is 4. The van der Waals surface area contributed by atoms with Crippen LogP contribution in [0, 0.1) is 0 Å². The Labute approximate surface area is 593 Å². The second-order valence-electron chi connectivity index (χ2n) is 28.1. The van der Waals surface area contributed by atoms with Crippen LogP contribution in [-0.2, 0) is 47.6 Å². The molecule has 0 radical (unpaired) electrons. The van der Waals surface area contributed by atoms with Crippen molar-refractivity contribution < 1.29 is 68.0 Å². The summed E-state index contributed by atoms with van der Waals surface area (Å²) in [6.07, 6.45) is 71.9. The van der Waals surface area contributed by atoms with Gasteiger partial charge in [0.05, 0.1) is 13.2 Å². The number of hydrogen-bond donors (Lipinski definition) is 4. The second-order valence-corrected chi connectivity index (χ2v) is 28.1. The summed E-state index contributed by atoms with van der Waals surface area (Å²) < 4.78 is 33.3.